The zero-order chi connectivity index (χ0) is 15.2. The summed E-state index contributed by atoms with van der Waals surface area (Å²) in [6, 6.07) is -1.10. The van der Waals surface area contributed by atoms with Crippen molar-refractivity contribution in [3.63, 3.8) is 0 Å². The van der Waals surface area contributed by atoms with Crippen molar-refractivity contribution in [2.45, 2.75) is 18.6 Å². The second-order valence-corrected chi connectivity index (χ2v) is 6.51. The summed E-state index contributed by atoms with van der Waals surface area (Å²) in [5, 5.41) is 12.0. The highest BCUT2D eigenvalue weighted by atomic mass is 32.2. The van der Waals surface area contributed by atoms with E-state index in [-0.39, 0.29) is 12.1 Å². The molecule has 0 radical (unpaired) electrons. The molecule has 0 aromatic rings. The van der Waals surface area contributed by atoms with Crippen LogP contribution in [0.1, 0.15) is 6.42 Å². The standard InChI is InChI=1S/C13H23N3O4S/c1-20-10-8-11(12(17)18)16(9-10)13(19)14-2-3-15-4-6-21-7-5-15/h10-11H,2-9H2,1H3,(H,14,19)(H,17,18). The molecule has 0 aromatic heterocycles. The predicted molar refractivity (Wildman–Crippen MR) is 80.7 cm³/mol. The summed E-state index contributed by atoms with van der Waals surface area (Å²) in [5.74, 6) is 1.30. The number of hydrogen-bond acceptors (Lipinski definition) is 5. The molecular weight excluding hydrogens is 294 g/mol. The Balaban J connectivity index is 1.77. The largest absolute Gasteiger partial charge is 0.480 e. The van der Waals surface area contributed by atoms with E-state index in [9.17, 15) is 14.7 Å². The second kappa shape index (κ2) is 7.86. The molecular formula is C13H23N3O4S. The molecule has 2 rings (SSSR count). The Bertz CT molecular complexity index is 376. The average molecular weight is 317 g/mol. The number of ether oxygens (including phenoxy) is 1. The van der Waals surface area contributed by atoms with Gasteiger partial charge in [0, 0.05) is 57.8 Å². The second-order valence-electron chi connectivity index (χ2n) is 5.29. The predicted octanol–water partition coefficient (Wildman–Crippen LogP) is -0.0813. The summed E-state index contributed by atoms with van der Waals surface area (Å²) < 4.78 is 5.18. The van der Waals surface area contributed by atoms with Crippen molar-refractivity contribution >= 4 is 23.8 Å². The summed E-state index contributed by atoms with van der Waals surface area (Å²) in [7, 11) is 1.54. The fourth-order valence-corrected chi connectivity index (χ4v) is 3.65. The Morgan fingerprint density at radius 2 is 2.10 bits per heavy atom. The van der Waals surface area contributed by atoms with Crippen LogP contribution in [0.15, 0.2) is 0 Å². The minimum absolute atomic E-state index is 0.198. The molecule has 8 heteroatoms. The lowest BCUT2D eigenvalue weighted by Gasteiger charge is -2.27. The van der Waals surface area contributed by atoms with Gasteiger partial charge in [-0.05, 0) is 0 Å². The first-order chi connectivity index (χ1) is 10.1. The molecule has 0 saturated carbocycles. The molecule has 2 fully saturated rings. The third kappa shape index (κ3) is 4.49. The topological polar surface area (TPSA) is 82.1 Å². The van der Waals surface area contributed by atoms with E-state index < -0.39 is 12.0 Å². The van der Waals surface area contributed by atoms with Crippen LogP contribution in [0, 0.1) is 0 Å². The van der Waals surface area contributed by atoms with Gasteiger partial charge in [-0.25, -0.2) is 9.59 Å². The van der Waals surface area contributed by atoms with Gasteiger partial charge in [0.05, 0.1) is 6.10 Å². The molecule has 2 aliphatic heterocycles. The van der Waals surface area contributed by atoms with E-state index in [0.29, 0.717) is 19.5 Å². The zero-order valence-corrected chi connectivity index (χ0v) is 13.1. The highest BCUT2D eigenvalue weighted by molar-refractivity contribution is 7.99. The number of hydrogen-bond donors (Lipinski definition) is 2. The third-order valence-electron chi connectivity index (χ3n) is 3.95. The van der Waals surface area contributed by atoms with Gasteiger partial charge in [0.15, 0.2) is 0 Å². The molecule has 2 heterocycles. The van der Waals surface area contributed by atoms with Crippen molar-refractivity contribution in [2.24, 2.45) is 0 Å². The van der Waals surface area contributed by atoms with Gasteiger partial charge in [-0.3, -0.25) is 4.90 Å². The number of urea groups is 1. The first-order valence-corrected chi connectivity index (χ1v) is 8.37. The Kier molecular flexibility index (Phi) is 6.13. The van der Waals surface area contributed by atoms with Crippen molar-refractivity contribution in [1.29, 1.82) is 0 Å². The van der Waals surface area contributed by atoms with Crippen LogP contribution in [0.2, 0.25) is 0 Å². The molecule has 0 aromatic carbocycles. The minimum atomic E-state index is -0.974. The molecule has 0 aliphatic carbocycles. The van der Waals surface area contributed by atoms with Crippen molar-refractivity contribution in [1.82, 2.24) is 15.1 Å². The first-order valence-electron chi connectivity index (χ1n) is 7.22. The van der Waals surface area contributed by atoms with E-state index in [1.165, 1.54) is 4.90 Å². The van der Waals surface area contributed by atoms with Crippen LogP contribution >= 0.6 is 11.8 Å². The summed E-state index contributed by atoms with van der Waals surface area (Å²) in [6.07, 6.45) is 0.152. The molecule has 2 N–H and O–H groups in total. The van der Waals surface area contributed by atoms with E-state index in [0.717, 1.165) is 31.1 Å². The number of carbonyl (C=O) groups is 2. The van der Waals surface area contributed by atoms with Crippen LogP contribution in [0.25, 0.3) is 0 Å². The molecule has 2 atom stereocenters. The monoisotopic (exact) mass is 317 g/mol. The molecule has 21 heavy (non-hydrogen) atoms. The lowest BCUT2D eigenvalue weighted by atomic mass is 10.2. The van der Waals surface area contributed by atoms with Crippen LogP contribution in [0.4, 0.5) is 4.79 Å². The molecule has 0 bridgehead atoms. The highest BCUT2D eigenvalue weighted by Gasteiger charge is 2.39. The van der Waals surface area contributed by atoms with Crippen LogP contribution < -0.4 is 5.32 Å². The van der Waals surface area contributed by atoms with Gasteiger partial charge in [0.1, 0.15) is 6.04 Å². The van der Waals surface area contributed by atoms with Crippen LogP contribution in [0.3, 0.4) is 0 Å². The van der Waals surface area contributed by atoms with Crippen molar-refractivity contribution in [3.05, 3.63) is 0 Å². The maximum atomic E-state index is 12.1. The number of aliphatic carboxylic acids is 1. The summed E-state index contributed by atoms with van der Waals surface area (Å²) in [6.45, 7) is 3.79. The first kappa shape index (κ1) is 16.4. The normalized spacial score (nSPS) is 26.8. The number of likely N-dealkylation sites (tertiary alicyclic amines) is 1. The lowest BCUT2D eigenvalue weighted by Crippen LogP contribution is -2.48. The Morgan fingerprint density at radius 1 is 1.38 bits per heavy atom. The maximum Gasteiger partial charge on any atom is 0.326 e. The van der Waals surface area contributed by atoms with E-state index >= 15 is 0 Å². The Morgan fingerprint density at radius 3 is 2.71 bits per heavy atom. The molecule has 2 amide bonds. The fourth-order valence-electron chi connectivity index (χ4n) is 2.67. The average Bonchev–Trinajstić information content (AvgIpc) is 2.93. The fraction of sp³-hybridized carbons (Fsp3) is 0.846. The number of rotatable bonds is 5. The van der Waals surface area contributed by atoms with Crippen molar-refractivity contribution in [3.8, 4) is 0 Å². The number of nitrogens with zero attached hydrogens (tertiary/aromatic N) is 2. The number of nitrogens with one attached hydrogen (secondary N) is 1. The number of carboxylic acid groups (broad SMARTS) is 1. The lowest BCUT2D eigenvalue weighted by molar-refractivity contribution is -0.141. The molecule has 7 nitrogen and oxygen atoms in total. The smallest absolute Gasteiger partial charge is 0.326 e. The number of amides is 2. The van der Waals surface area contributed by atoms with E-state index in [1.807, 2.05) is 11.8 Å². The number of thioether (sulfide) groups is 1. The molecule has 2 saturated heterocycles. The van der Waals surface area contributed by atoms with Gasteiger partial charge in [0.2, 0.25) is 0 Å². The summed E-state index contributed by atoms with van der Waals surface area (Å²) >= 11 is 1.95. The maximum absolute atomic E-state index is 12.1. The molecule has 2 aliphatic rings. The van der Waals surface area contributed by atoms with Crippen molar-refractivity contribution < 1.29 is 19.4 Å². The molecule has 0 spiro atoms. The minimum Gasteiger partial charge on any atom is -0.480 e. The third-order valence-corrected chi connectivity index (χ3v) is 4.89. The Labute approximate surface area is 129 Å². The van der Waals surface area contributed by atoms with Crippen LogP contribution in [-0.4, -0.2) is 90.4 Å². The SMILES string of the molecule is COC1CC(C(=O)O)N(C(=O)NCCN2CCSCC2)C1. The quantitative estimate of drug-likeness (QED) is 0.738. The van der Waals surface area contributed by atoms with Gasteiger partial charge in [-0.15, -0.1) is 0 Å². The van der Waals surface area contributed by atoms with E-state index in [1.54, 1.807) is 7.11 Å². The Hall–Kier alpha value is -0.990. The summed E-state index contributed by atoms with van der Waals surface area (Å²) in [5.41, 5.74) is 0. The number of carboxylic acids is 1. The van der Waals surface area contributed by atoms with Crippen molar-refractivity contribution in [2.75, 3.05) is 51.3 Å². The van der Waals surface area contributed by atoms with Crippen LogP contribution in [-0.2, 0) is 9.53 Å². The van der Waals surface area contributed by atoms with E-state index in [2.05, 4.69) is 10.2 Å². The van der Waals surface area contributed by atoms with Gasteiger partial charge >= 0.3 is 12.0 Å². The highest BCUT2D eigenvalue weighted by Crippen LogP contribution is 2.20. The van der Waals surface area contributed by atoms with Gasteiger partial charge in [-0.1, -0.05) is 0 Å². The number of methoxy groups -OCH3 is 1. The number of carbonyl (C=O) groups excluding carboxylic acids is 1. The summed E-state index contributed by atoms with van der Waals surface area (Å²) in [4.78, 5) is 27.0. The van der Waals surface area contributed by atoms with Gasteiger partial charge in [-0.2, -0.15) is 11.8 Å². The van der Waals surface area contributed by atoms with Gasteiger partial charge < -0.3 is 20.1 Å². The van der Waals surface area contributed by atoms with Gasteiger partial charge in [0.25, 0.3) is 0 Å². The van der Waals surface area contributed by atoms with Crippen LogP contribution in [0.5, 0.6) is 0 Å². The zero-order valence-electron chi connectivity index (χ0n) is 12.3. The molecule has 2 unspecified atom stereocenters. The van der Waals surface area contributed by atoms with E-state index in [4.69, 9.17) is 4.74 Å². The molecule has 120 valence electrons.